The Hall–Kier alpha value is -7.95. The van der Waals surface area contributed by atoms with Gasteiger partial charge in [-0.1, -0.05) is 108 Å². The van der Waals surface area contributed by atoms with E-state index >= 15 is 0 Å². The number of rotatable bonds is 42. The van der Waals surface area contributed by atoms with Crippen molar-refractivity contribution in [3.63, 3.8) is 0 Å². The van der Waals surface area contributed by atoms with Crippen LogP contribution in [0.15, 0.2) is 0 Å². The molecule has 1 fully saturated rings. The summed E-state index contributed by atoms with van der Waals surface area (Å²) in [4.78, 5) is 174. The molecular formula is C60H104F3N15O17. The minimum Gasteiger partial charge on any atom is -0.480 e. The van der Waals surface area contributed by atoms with Crippen molar-refractivity contribution >= 4 is 82.9 Å². The van der Waals surface area contributed by atoms with Gasteiger partial charge in [-0.05, 0) is 87.4 Å². The summed E-state index contributed by atoms with van der Waals surface area (Å²) in [6, 6.07) is -15.5. The molecule has 0 bridgehead atoms. The summed E-state index contributed by atoms with van der Waals surface area (Å²) in [5.74, 6) is -18.0. The molecule has 1 aliphatic rings. The molecule has 0 aromatic carbocycles. The molecule has 0 radical (unpaired) electrons. The van der Waals surface area contributed by atoms with Crippen LogP contribution in [0.4, 0.5) is 13.2 Å². The largest absolute Gasteiger partial charge is 0.490 e. The number of carbonyl (C=O) groups is 13. The molecule has 0 heterocycles. The number of carboxylic acids is 1. The molecule has 11 amide bonds. The van der Waals surface area contributed by atoms with E-state index in [1.165, 1.54) is 0 Å². The predicted octanol–water partition coefficient (Wildman–Crippen LogP) is -2.33. The van der Waals surface area contributed by atoms with Gasteiger partial charge in [0.15, 0.2) is 18.1 Å². The lowest BCUT2D eigenvalue weighted by atomic mass is 9.84. The first-order valence-corrected chi connectivity index (χ1v) is 32.1. The van der Waals surface area contributed by atoms with Crippen LogP contribution in [0.5, 0.6) is 0 Å². The number of aliphatic hydroxyl groups excluding tert-OH is 2. The van der Waals surface area contributed by atoms with E-state index in [0.717, 1.165) is 39.0 Å². The van der Waals surface area contributed by atoms with Crippen molar-refractivity contribution in [3.05, 3.63) is 0 Å². The number of ether oxygens (including phenoxy) is 1. The molecule has 542 valence electrons. The second-order valence-electron chi connectivity index (χ2n) is 25.9. The van der Waals surface area contributed by atoms with E-state index in [1.54, 1.807) is 38.3 Å². The fourth-order valence-electron chi connectivity index (χ4n) is 10.1. The molecule has 13 atom stereocenters. The number of nitrogens with two attached hydrogens (primary N) is 3. The maximum atomic E-state index is 14.6. The van der Waals surface area contributed by atoms with E-state index in [1.807, 2.05) is 46.9 Å². The second kappa shape index (κ2) is 41.8. The Morgan fingerprint density at radius 1 is 0.537 bits per heavy atom. The SMILES string of the molecule is CC[C@H](C)[C@H](NC(=O)[C@@H](CCCNC(=N)N)NC(=O)[C@H](CC(C)C)NC(=O)C(CC(C)C)NC(=O)[C@H](CC1CCCCC1)NC(=O)[C@H](CC(C)C)NC(=O)[C@H](N)CC(C)C)C(=O)N[C@H](C(=O)NCC(=O)NC(C(=O)NC(COC(=O)C(F)(F)F)C(=O)O)[C@H](O)C(N)=O)[C@H](C)O. The van der Waals surface area contributed by atoms with Gasteiger partial charge in [-0.3, -0.25) is 58.1 Å². The first kappa shape index (κ1) is 85.1. The number of alkyl halides is 3. The van der Waals surface area contributed by atoms with Gasteiger partial charge in [0.1, 0.15) is 54.9 Å². The zero-order valence-electron chi connectivity index (χ0n) is 56.1. The monoisotopic (exact) mass is 1360 g/mol. The molecule has 0 aliphatic heterocycles. The van der Waals surface area contributed by atoms with E-state index in [2.05, 4.69) is 47.3 Å². The Labute approximate surface area is 551 Å². The van der Waals surface area contributed by atoms with E-state index in [9.17, 15) is 90.8 Å². The summed E-state index contributed by atoms with van der Waals surface area (Å²) in [5.41, 5.74) is 16.7. The third-order valence-corrected chi connectivity index (χ3v) is 15.3. The van der Waals surface area contributed by atoms with Crippen molar-refractivity contribution in [1.29, 1.82) is 5.41 Å². The van der Waals surface area contributed by atoms with Crippen LogP contribution < -0.4 is 75.7 Å². The molecule has 1 aliphatic carbocycles. The van der Waals surface area contributed by atoms with Crippen LogP contribution >= 0.6 is 0 Å². The van der Waals surface area contributed by atoms with Crippen molar-refractivity contribution in [2.75, 3.05) is 19.7 Å². The molecule has 0 aromatic rings. The van der Waals surface area contributed by atoms with E-state index in [0.29, 0.717) is 6.42 Å². The summed E-state index contributed by atoms with van der Waals surface area (Å²) >= 11 is 0. The third kappa shape index (κ3) is 32.4. The van der Waals surface area contributed by atoms with E-state index in [-0.39, 0.29) is 81.1 Å². The number of nitrogens with one attached hydrogen (secondary N) is 12. The highest BCUT2D eigenvalue weighted by Gasteiger charge is 2.43. The molecule has 35 heteroatoms. The number of carboxylic acid groups (broad SMARTS) is 1. The average molecular weight is 1360 g/mol. The number of guanidine groups is 1. The maximum Gasteiger partial charge on any atom is 0.490 e. The summed E-state index contributed by atoms with van der Waals surface area (Å²) in [6.45, 7) is 16.2. The Bertz CT molecular complexity index is 2610. The predicted molar refractivity (Wildman–Crippen MR) is 338 cm³/mol. The number of hydrogen-bond acceptors (Lipinski definition) is 18. The molecule has 95 heavy (non-hydrogen) atoms. The lowest BCUT2D eigenvalue weighted by Gasteiger charge is -2.31. The average Bonchev–Trinajstić information content (AvgIpc) is 0.877. The van der Waals surface area contributed by atoms with Crippen molar-refractivity contribution in [3.8, 4) is 0 Å². The van der Waals surface area contributed by atoms with Crippen molar-refractivity contribution in [2.24, 2.45) is 52.7 Å². The Balaban J connectivity index is 3.56. The van der Waals surface area contributed by atoms with Gasteiger partial charge < -0.3 is 95.7 Å². The fourth-order valence-corrected chi connectivity index (χ4v) is 10.1. The molecule has 21 N–H and O–H groups in total. The van der Waals surface area contributed by atoms with Gasteiger partial charge in [0.2, 0.25) is 65.0 Å². The number of amides is 11. The van der Waals surface area contributed by atoms with Gasteiger partial charge >= 0.3 is 18.1 Å². The molecular weight excluding hydrogens is 1260 g/mol. The summed E-state index contributed by atoms with van der Waals surface area (Å²) in [6.07, 6.45) is -4.50. The van der Waals surface area contributed by atoms with Gasteiger partial charge in [0, 0.05) is 6.54 Å². The van der Waals surface area contributed by atoms with Crippen LogP contribution in [0.2, 0.25) is 0 Å². The number of esters is 1. The number of halogens is 3. The topological polar surface area (TPSA) is 526 Å². The summed E-state index contributed by atoms with van der Waals surface area (Å²) in [7, 11) is 0. The number of aliphatic carboxylic acids is 1. The molecule has 0 spiro atoms. The lowest BCUT2D eigenvalue weighted by molar-refractivity contribution is -0.200. The fraction of sp³-hybridized carbons (Fsp3) is 0.767. The van der Waals surface area contributed by atoms with Gasteiger partial charge in [-0.2, -0.15) is 13.2 Å². The van der Waals surface area contributed by atoms with Crippen molar-refractivity contribution in [2.45, 2.75) is 238 Å². The minimum atomic E-state index is -5.57. The molecule has 3 unspecified atom stereocenters. The summed E-state index contributed by atoms with van der Waals surface area (Å²) < 4.78 is 41.8. The van der Waals surface area contributed by atoms with E-state index < -0.39 is 181 Å². The Kier molecular flexibility index (Phi) is 37.4. The highest BCUT2D eigenvalue weighted by Crippen LogP contribution is 2.28. The highest BCUT2D eigenvalue weighted by atomic mass is 19.4. The van der Waals surface area contributed by atoms with Crippen LogP contribution in [0.25, 0.3) is 0 Å². The van der Waals surface area contributed by atoms with Crippen LogP contribution in [0.3, 0.4) is 0 Å². The van der Waals surface area contributed by atoms with Gasteiger partial charge in [0.25, 0.3) is 0 Å². The first-order valence-electron chi connectivity index (χ1n) is 32.1. The number of hydrogen-bond donors (Lipinski definition) is 18. The molecule has 1 rings (SSSR count). The lowest BCUT2D eigenvalue weighted by Crippen LogP contribution is -2.62. The second-order valence-corrected chi connectivity index (χ2v) is 25.9. The zero-order valence-corrected chi connectivity index (χ0v) is 56.1. The van der Waals surface area contributed by atoms with Crippen LogP contribution in [-0.2, 0) is 67.1 Å². The Morgan fingerprint density at radius 3 is 1.41 bits per heavy atom. The third-order valence-electron chi connectivity index (χ3n) is 15.3. The smallest absolute Gasteiger partial charge is 0.480 e. The standard InChI is InChI=1S/C60H104F3N15O17/c1-12-32(10)43(55(90)78-44(33(11)79)54(89)69-26-42(80)76-45(46(81)47(65)82)56(91)75-41(57(92)93)27-95-58(94)60(61,62)63)77-49(84)36(19-16-20-68-59(66)67)70-50(85)38(23-30(6)7)72-52(87)39(24-31(8)9)73-53(88)40(25-34-17-14-13-15-18-34)74-51(86)37(22-29(4)5)71-48(83)35(64)21-28(2)3/h28-41,43-46,79,81H,12-27,64H2,1-11H3,(H2,65,82)(H,69,89)(H,70,85)(H,71,83)(H,72,87)(H,73,88)(H,74,86)(H,75,91)(H,76,80)(H,77,84)(H,78,90)(H,92,93)(H4,66,67,68)/t32-,33-,35+,36+,37-,38-,39?,40-,41?,43-,44-,45?,46-/m0/s1. The summed E-state index contributed by atoms with van der Waals surface area (Å²) in [5, 5.41) is 64.9. The minimum absolute atomic E-state index is 0.00197. The van der Waals surface area contributed by atoms with Crippen molar-refractivity contribution < 1.29 is 95.6 Å². The number of carbonyl (C=O) groups excluding carboxylic acids is 12. The van der Waals surface area contributed by atoms with Gasteiger partial charge in [-0.15, -0.1) is 0 Å². The highest BCUT2D eigenvalue weighted by molar-refractivity contribution is 5.99. The normalized spacial score (nSPS) is 16.8. The molecule has 32 nitrogen and oxygen atoms in total. The Morgan fingerprint density at radius 2 is 0.968 bits per heavy atom. The zero-order chi connectivity index (χ0) is 72.8. The maximum absolute atomic E-state index is 14.6. The van der Waals surface area contributed by atoms with Crippen LogP contribution in [0.1, 0.15) is 160 Å². The molecule has 0 saturated heterocycles. The van der Waals surface area contributed by atoms with Crippen molar-refractivity contribution in [1.82, 2.24) is 58.5 Å². The van der Waals surface area contributed by atoms with E-state index in [4.69, 9.17) is 22.6 Å². The number of aliphatic hydroxyl groups is 2. The molecule has 0 aromatic heterocycles. The molecule has 1 saturated carbocycles. The number of primary amides is 1. The van der Waals surface area contributed by atoms with Gasteiger partial charge in [-0.25, -0.2) is 9.59 Å². The van der Waals surface area contributed by atoms with Gasteiger partial charge in [0.05, 0.1) is 18.7 Å². The first-order chi connectivity index (χ1) is 44.1. The van der Waals surface area contributed by atoms with Crippen LogP contribution in [-0.4, -0.2) is 197 Å². The van der Waals surface area contributed by atoms with Crippen LogP contribution in [0, 0.1) is 40.9 Å². The quantitative estimate of drug-likeness (QED) is 0.0132.